The van der Waals surface area contributed by atoms with Crippen LogP contribution < -0.4 is 25.5 Å². The number of hydrogen-bond donors (Lipinski definition) is 3. The van der Waals surface area contributed by atoms with Crippen molar-refractivity contribution < 1.29 is 28.6 Å². The predicted molar refractivity (Wildman–Crippen MR) is 184 cm³/mol. The minimum atomic E-state index is -1.14. The molecule has 0 aromatic heterocycles. The van der Waals surface area contributed by atoms with Crippen molar-refractivity contribution in [3.8, 4) is 22.5 Å². The van der Waals surface area contributed by atoms with Gasteiger partial charge in [-0.2, -0.15) is 0 Å². The van der Waals surface area contributed by atoms with E-state index in [-0.39, 0.29) is 17.2 Å². The van der Waals surface area contributed by atoms with Crippen molar-refractivity contribution in [2.45, 2.75) is 44.6 Å². The van der Waals surface area contributed by atoms with Gasteiger partial charge in [0.2, 0.25) is 5.36 Å². The van der Waals surface area contributed by atoms with E-state index in [2.05, 4.69) is 22.8 Å². The molecule has 10 nitrogen and oxygen atoms in total. The van der Waals surface area contributed by atoms with Crippen LogP contribution in [0.15, 0.2) is 71.2 Å². The number of carbonyl (C=O) groups is 3. The smallest absolute Gasteiger partial charge is 0.407 e. The van der Waals surface area contributed by atoms with Crippen molar-refractivity contribution in [1.82, 2.24) is 15.2 Å². The maximum Gasteiger partial charge on any atom is 0.407 e. The largest absolute Gasteiger partial charge is 0.478 e. The number of aromatic carboxylic acids is 1. The first-order valence-corrected chi connectivity index (χ1v) is 16.1. The van der Waals surface area contributed by atoms with Crippen molar-refractivity contribution in [3.05, 3.63) is 83.2 Å². The van der Waals surface area contributed by atoms with E-state index in [0.717, 1.165) is 59.7 Å². The highest BCUT2D eigenvalue weighted by atomic mass is 16.6. The van der Waals surface area contributed by atoms with Gasteiger partial charge in [-0.05, 0) is 74.4 Å². The number of rotatable bonds is 9. The zero-order valence-corrected chi connectivity index (χ0v) is 27.5. The van der Waals surface area contributed by atoms with E-state index in [4.69, 9.17) is 9.15 Å². The van der Waals surface area contributed by atoms with E-state index in [1.807, 2.05) is 74.1 Å². The zero-order chi connectivity index (χ0) is 33.5. The molecule has 2 aromatic carbocycles. The Kier molecular flexibility index (Phi) is 10.6. The average Bonchev–Trinajstić information content (AvgIpc) is 3.03. The van der Waals surface area contributed by atoms with Crippen LogP contribution in [-0.4, -0.2) is 70.5 Å². The van der Waals surface area contributed by atoms with Gasteiger partial charge in [0.15, 0.2) is 0 Å². The summed E-state index contributed by atoms with van der Waals surface area (Å²) < 4.78 is 13.9. The summed E-state index contributed by atoms with van der Waals surface area (Å²) in [7, 11) is 7.79. The number of benzene rings is 3. The van der Waals surface area contributed by atoms with Crippen molar-refractivity contribution in [2.75, 3.05) is 46.2 Å². The van der Waals surface area contributed by atoms with Gasteiger partial charge in [0.1, 0.15) is 31.5 Å². The van der Waals surface area contributed by atoms with E-state index in [1.165, 1.54) is 6.07 Å². The maximum absolute atomic E-state index is 13.1. The molecule has 5 rings (SSSR count). The van der Waals surface area contributed by atoms with Gasteiger partial charge in [-0.1, -0.05) is 18.2 Å². The number of carbonyl (C=O) groups excluding carboxylic acids is 2. The van der Waals surface area contributed by atoms with Crippen LogP contribution in [-0.2, 0) is 4.74 Å². The van der Waals surface area contributed by atoms with Gasteiger partial charge in [0, 0.05) is 67.1 Å². The fraction of sp³-hybridized carbons (Fsp3) is 0.351. The average molecular weight is 640 g/mol. The summed E-state index contributed by atoms with van der Waals surface area (Å²) in [5.41, 5.74) is 3.77. The third-order valence-corrected chi connectivity index (χ3v) is 8.40. The highest BCUT2D eigenvalue weighted by molar-refractivity contribution is 6.09. The quantitative estimate of drug-likeness (QED) is 0.0924. The Bertz CT molecular complexity index is 1850. The van der Waals surface area contributed by atoms with Crippen LogP contribution in [0, 0.1) is 0 Å². The molecule has 1 aliphatic heterocycles. The lowest BCUT2D eigenvalue weighted by Gasteiger charge is -2.19. The number of amides is 2. The molecule has 0 spiro atoms. The SMILES string of the molecule is CN(C)c1ccc2c(-c3ccc(C(=O)NCCCNC(=O)OC4CC/C=C/CCC4)cc3C(=O)O)c3ccc(=[N+](C)C)cc-3oc2c1. The molecule has 0 radical (unpaired) electrons. The third-order valence-electron chi connectivity index (χ3n) is 8.40. The number of allylic oxidation sites excluding steroid dienone is 2. The second-order valence-corrected chi connectivity index (χ2v) is 12.2. The summed E-state index contributed by atoms with van der Waals surface area (Å²) in [4.78, 5) is 39.9. The summed E-state index contributed by atoms with van der Waals surface area (Å²) >= 11 is 0. The highest BCUT2D eigenvalue weighted by Crippen LogP contribution is 2.42. The Morgan fingerprint density at radius 2 is 1.70 bits per heavy atom. The molecule has 1 heterocycles. The molecule has 3 aliphatic rings. The molecular weight excluding hydrogens is 596 g/mol. The Labute approximate surface area is 274 Å². The molecule has 10 heteroatoms. The Morgan fingerprint density at radius 1 is 0.936 bits per heavy atom. The molecule has 1 unspecified atom stereocenters. The topological polar surface area (TPSA) is 124 Å². The van der Waals surface area contributed by atoms with Crippen LogP contribution >= 0.6 is 0 Å². The summed E-state index contributed by atoms with van der Waals surface area (Å²) in [5, 5.41) is 17.6. The Morgan fingerprint density at radius 3 is 2.47 bits per heavy atom. The zero-order valence-electron chi connectivity index (χ0n) is 27.5. The molecule has 2 aliphatic carbocycles. The number of carboxylic acids is 1. The van der Waals surface area contributed by atoms with E-state index in [1.54, 1.807) is 12.1 Å². The molecule has 2 amide bonds. The van der Waals surface area contributed by atoms with Gasteiger partial charge in [0.25, 0.3) is 5.91 Å². The van der Waals surface area contributed by atoms with Crippen LogP contribution in [0.4, 0.5) is 10.5 Å². The molecule has 0 saturated heterocycles. The van der Waals surface area contributed by atoms with Gasteiger partial charge in [-0.3, -0.25) is 4.79 Å². The number of hydrogen-bond acceptors (Lipinski definition) is 6. The standard InChI is InChI=1S/C37H42N4O6/c1-40(2)25-14-17-29-32(22-25)47-33-23-26(41(3)4)15-18-30(33)34(29)28-16-13-24(21-31(28)36(43)44)35(42)38-19-10-20-39-37(45)46-27-11-8-6-5-7-9-12-27/h5-6,13-18,21-23,27H,7-12,19-20H2,1-4H3,(H2-,38,39,42,43,44,45)/p+1/b6-5+. The fourth-order valence-corrected chi connectivity index (χ4v) is 5.81. The molecular formula is C37H43N4O6+. The predicted octanol–water partition coefficient (Wildman–Crippen LogP) is 5.74. The number of anilines is 1. The number of carboxylic acid groups (broad SMARTS) is 1. The highest BCUT2D eigenvalue weighted by Gasteiger charge is 2.24. The lowest BCUT2D eigenvalue weighted by atomic mass is 9.89. The van der Waals surface area contributed by atoms with Gasteiger partial charge >= 0.3 is 12.1 Å². The molecule has 0 fully saturated rings. The molecule has 2 aromatic rings. The minimum absolute atomic E-state index is 0.00828. The molecule has 47 heavy (non-hydrogen) atoms. The van der Waals surface area contributed by atoms with E-state index < -0.39 is 18.0 Å². The monoisotopic (exact) mass is 639 g/mol. The fourth-order valence-electron chi connectivity index (χ4n) is 5.81. The van der Waals surface area contributed by atoms with Crippen LogP contribution in [0.3, 0.4) is 0 Å². The van der Waals surface area contributed by atoms with Crippen molar-refractivity contribution in [1.29, 1.82) is 0 Å². The lowest BCUT2D eigenvalue weighted by Crippen LogP contribution is -2.32. The molecule has 0 bridgehead atoms. The van der Waals surface area contributed by atoms with E-state index in [9.17, 15) is 19.5 Å². The lowest BCUT2D eigenvalue weighted by molar-refractivity contribution is 0.0697. The first-order chi connectivity index (χ1) is 22.6. The van der Waals surface area contributed by atoms with Crippen molar-refractivity contribution in [2.24, 2.45) is 0 Å². The van der Waals surface area contributed by atoms with Crippen LogP contribution in [0.2, 0.25) is 0 Å². The number of nitrogens with one attached hydrogen (secondary N) is 2. The van der Waals surface area contributed by atoms with Crippen LogP contribution in [0.25, 0.3) is 33.4 Å². The first kappa shape index (κ1) is 33.2. The molecule has 1 atom stereocenters. The number of fused-ring (bicyclic) bond motifs is 2. The number of alkyl carbamates (subject to hydrolysis) is 1. The Balaban J connectivity index is 1.34. The minimum Gasteiger partial charge on any atom is -0.478 e. The summed E-state index contributed by atoms with van der Waals surface area (Å²) in [6.45, 7) is 0.644. The van der Waals surface area contributed by atoms with Gasteiger partial charge in [0.05, 0.1) is 11.6 Å². The van der Waals surface area contributed by atoms with Crippen molar-refractivity contribution in [3.63, 3.8) is 0 Å². The normalized spacial score (nSPS) is 15.4. The van der Waals surface area contributed by atoms with E-state index >= 15 is 0 Å². The third kappa shape index (κ3) is 8.00. The molecule has 3 N–H and O–H groups in total. The maximum atomic E-state index is 13.1. The molecule has 246 valence electrons. The Hall–Kier alpha value is -5.12. The first-order valence-electron chi connectivity index (χ1n) is 16.1. The summed E-state index contributed by atoms with van der Waals surface area (Å²) in [5.74, 6) is -0.921. The van der Waals surface area contributed by atoms with Gasteiger partial charge < -0.3 is 29.8 Å². The van der Waals surface area contributed by atoms with Gasteiger partial charge in [-0.25, -0.2) is 14.2 Å². The summed E-state index contributed by atoms with van der Waals surface area (Å²) in [6.07, 6.45) is 8.84. The van der Waals surface area contributed by atoms with Crippen LogP contribution in [0.5, 0.6) is 0 Å². The second kappa shape index (κ2) is 15.0. The number of nitrogens with zero attached hydrogens (tertiary/aromatic N) is 2. The summed E-state index contributed by atoms with van der Waals surface area (Å²) in [6, 6.07) is 16.4. The van der Waals surface area contributed by atoms with Gasteiger partial charge in [-0.15, -0.1) is 0 Å². The van der Waals surface area contributed by atoms with Crippen molar-refractivity contribution >= 4 is 34.6 Å². The second-order valence-electron chi connectivity index (χ2n) is 12.2. The number of ether oxygens (including phenoxy) is 1. The van der Waals surface area contributed by atoms with Crippen LogP contribution in [0.1, 0.15) is 59.2 Å². The molecule has 0 saturated carbocycles. The van der Waals surface area contributed by atoms with E-state index in [0.29, 0.717) is 36.4 Å².